The lowest BCUT2D eigenvalue weighted by atomic mass is 9.47. The SMILES string of the molecule is CC[C@@H](CC[C@H](C)[C@H]1CC[C@H]2[C@@H]3CC=C4C[C@@H](OC(=O)CCCC(=O)CI)CC[C@]4(C)[C@H]3CC[C@]12C)C(C)C. The maximum absolute atomic E-state index is 12.5. The van der Waals surface area contributed by atoms with Gasteiger partial charge in [0.15, 0.2) is 0 Å². The van der Waals surface area contributed by atoms with Crippen molar-refractivity contribution in [3.05, 3.63) is 11.6 Å². The van der Waals surface area contributed by atoms with E-state index in [1.54, 1.807) is 5.57 Å². The minimum absolute atomic E-state index is 0.0250. The Morgan fingerprint density at radius 2 is 1.79 bits per heavy atom. The van der Waals surface area contributed by atoms with Crippen molar-refractivity contribution in [3.63, 3.8) is 0 Å². The number of allylic oxidation sites excluding steroid dienone is 1. The smallest absolute Gasteiger partial charge is 0.306 e. The maximum Gasteiger partial charge on any atom is 0.306 e. The lowest BCUT2D eigenvalue weighted by molar-refractivity contribution is -0.151. The maximum atomic E-state index is 12.5. The Bertz CT molecular complexity index is 894. The lowest BCUT2D eigenvalue weighted by Gasteiger charge is -2.58. The highest BCUT2D eigenvalue weighted by atomic mass is 127. The van der Waals surface area contributed by atoms with Crippen molar-refractivity contribution >= 4 is 34.3 Å². The molecule has 0 spiro atoms. The van der Waals surface area contributed by atoms with Crippen molar-refractivity contribution in [2.24, 2.45) is 52.3 Å². The van der Waals surface area contributed by atoms with E-state index in [4.69, 9.17) is 4.74 Å². The number of hydrogen-bond donors (Lipinski definition) is 0. The van der Waals surface area contributed by atoms with Crippen LogP contribution >= 0.6 is 22.6 Å². The molecule has 222 valence electrons. The molecule has 0 aromatic rings. The summed E-state index contributed by atoms with van der Waals surface area (Å²) in [5.74, 6) is 6.06. The van der Waals surface area contributed by atoms with E-state index in [2.05, 4.69) is 70.2 Å². The van der Waals surface area contributed by atoms with Gasteiger partial charge in [-0.25, -0.2) is 0 Å². The molecule has 4 aliphatic carbocycles. The molecule has 9 atom stereocenters. The van der Waals surface area contributed by atoms with Crippen molar-refractivity contribution in [1.29, 1.82) is 0 Å². The highest BCUT2D eigenvalue weighted by molar-refractivity contribution is 14.1. The molecule has 4 rings (SSSR count). The van der Waals surface area contributed by atoms with Crippen molar-refractivity contribution in [3.8, 4) is 0 Å². The standard InChI is InChI=1S/C35H57IO3/c1-7-25(23(2)3)12-11-24(4)30-15-16-31-29-14-13-26-21-28(39-33(38)10-8-9-27(37)22-36)17-19-34(26,5)32(29)18-20-35(30,31)6/h13,23-25,28-32H,7-12,14-22H2,1-6H3/t24-,25-,28-,29-,30+,31-,32-,34-,35+/m0/s1. The third-order valence-electron chi connectivity index (χ3n) is 12.6. The fourth-order valence-corrected chi connectivity index (χ4v) is 10.5. The van der Waals surface area contributed by atoms with Crippen LogP contribution in [0.2, 0.25) is 0 Å². The minimum atomic E-state index is -0.114. The van der Waals surface area contributed by atoms with E-state index in [0.717, 1.165) is 60.7 Å². The minimum Gasteiger partial charge on any atom is -0.462 e. The Kier molecular flexibility index (Phi) is 10.7. The summed E-state index contributed by atoms with van der Waals surface area (Å²) in [6.45, 7) is 15.0. The fourth-order valence-electron chi connectivity index (χ4n) is 10.1. The van der Waals surface area contributed by atoms with E-state index < -0.39 is 0 Å². The fraction of sp³-hybridized carbons (Fsp3) is 0.886. The van der Waals surface area contributed by atoms with Gasteiger partial charge in [-0.15, -0.1) is 0 Å². The van der Waals surface area contributed by atoms with Crippen LogP contribution < -0.4 is 0 Å². The summed E-state index contributed by atoms with van der Waals surface area (Å²) in [6.07, 6.45) is 18.2. The summed E-state index contributed by atoms with van der Waals surface area (Å²) in [7, 11) is 0. The summed E-state index contributed by atoms with van der Waals surface area (Å²) in [5, 5.41) is 0. The zero-order valence-electron chi connectivity index (χ0n) is 25.9. The predicted molar refractivity (Wildman–Crippen MR) is 170 cm³/mol. The van der Waals surface area contributed by atoms with Crippen molar-refractivity contribution in [1.82, 2.24) is 0 Å². The zero-order valence-corrected chi connectivity index (χ0v) is 28.1. The third kappa shape index (κ3) is 6.66. The van der Waals surface area contributed by atoms with Crippen LogP contribution in [0, 0.1) is 52.3 Å². The molecular formula is C35H57IO3. The normalized spacial score (nSPS) is 37.3. The molecule has 0 bridgehead atoms. The Morgan fingerprint density at radius 1 is 1.03 bits per heavy atom. The molecule has 0 N–H and O–H groups in total. The summed E-state index contributed by atoms with van der Waals surface area (Å²) >= 11 is 2.10. The number of esters is 1. The molecule has 4 heteroatoms. The molecular weight excluding hydrogens is 595 g/mol. The summed E-state index contributed by atoms with van der Waals surface area (Å²) in [6, 6.07) is 0. The Balaban J connectivity index is 1.36. The number of carbonyl (C=O) groups is 2. The van der Waals surface area contributed by atoms with Gasteiger partial charge in [-0.3, -0.25) is 9.59 Å². The quantitative estimate of drug-likeness (QED) is 0.0913. The Morgan fingerprint density at radius 3 is 2.49 bits per heavy atom. The molecule has 0 heterocycles. The number of rotatable bonds is 12. The van der Waals surface area contributed by atoms with Gasteiger partial charge in [-0.05, 0) is 110 Å². The van der Waals surface area contributed by atoms with E-state index in [1.807, 2.05) is 0 Å². The topological polar surface area (TPSA) is 43.4 Å². The first-order valence-electron chi connectivity index (χ1n) is 16.5. The van der Waals surface area contributed by atoms with E-state index in [-0.39, 0.29) is 23.3 Å². The number of carbonyl (C=O) groups excluding carboxylic acids is 2. The van der Waals surface area contributed by atoms with Crippen LogP contribution in [0.15, 0.2) is 11.6 Å². The van der Waals surface area contributed by atoms with Gasteiger partial charge in [0.25, 0.3) is 0 Å². The largest absolute Gasteiger partial charge is 0.462 e. The van der Waals surface area contributed by atoms with E-state index in [0.29, 0.717) is 29.1 Å². The molecule has 3 nitrogen and oxygen atoms in total. The molecule has 3 fully saturated rings. The van der Waals surface area contributed by atoms with Gasteiger partial charge in [-0.2, -0.15) is 0 Å². The van der Waals surface area contributed by atoms with Crippen LogP contribution in [0.4, 0.5) is 0 Å². The molecule has 0 saturated heterocycles. The highest BCUT2D eigenvalue weighted by Crippen LogP contribution is 2.67. The summed E-state index contributed by atoms with van der Waals surface area (Å²) < 4.78 is 6.46. The zero-order chi connectivity index (χ0) is 28.4. The highest BCUT2D eigenvalue weighted by Gasteiger charge is 2.59. The van der Waals surface area contributed by atoms with Gasteiger partial charge < -0.3 is 4.74 Å². The van der Waals surface area contributed by atoms with Gasteiger partial charge in [0.1, 0.15) is 11.9 Å². The van der Waals surface area contributed by atoms with E-state index in [9.17, 15) is 9.59 Å². The molecule has 0 unspecified atom stereocenters. The first kappa shape index (κ1) is 31.5. The van der Waals surface area contributed by atoms with E-state index >= 15 is 0 Å². The average Bonchev–Trinajstić information content (AvgIpc) is 3.26. The molecule has 0 aliphatic heterocycles. The van der Waals surface area contributed by atoms with Crippen molar-refractivity contribution in [2.45, 2.75) is 138 Å². The Hall–Kier alpha value is -0.390. The van der Waals surface area contributed by atoms with Gasteiger partial charge in [0.05, 0.1) is 4.43 Å². The second-order valence-corrected chi connectivity index (χ2v) is 15.6. The van der Waals surface area contributed by atoms with Crippen LogP contribution in [0.1, 0.15) is 131 Å². The van der Waals surface area contributed by atoms with Crippen LogP contribution in [0.3, 0.4) is 0 Å². The second kappa shape index (κ2) is 13.3. The lowest BCUT2D eigenvalue weighted by Crippen LogP contribution is -2.51. The Labute approximate surface area is 253 Å². The molecule has 4 aliphatic rings. The first-order chi connectivity index (χ1) is 18.5. The van der Waals surface area contributed by atoms with Crippen LogP contribution in [0.25, 0.3) is 0 Å². The molecule has 0 radical (unpaired) electrons. The molecule has 39 heavy (non-hydrogen) atoms. The number of alkyl halides is 1. The van der Waals surface area contributed by atoms with Gasteiger partial charge in [0.2, 0.25) is 0 Å². The molecule has 0 aromatic heterocycles. The summed E-state index contributed by atoms with van der Waals surface area (Å²) in [4.78, 5) is 24.0. The number of fused-ring (bicyclic) bond motifs is 5. The monoisotopic (exact) mass is 652 g/mol. The second-order valence-electron chi connectivity index (χ2n) is 14.8. The van der Waals surface area contributed by atoms with Gasteiger partial charge >= 0.3 is 5.97 Å². The van der Waals surface area contributed by atoms with Crippen molar-refractivity contribution < 1.29 is 14.3 Å². The molecule has 0 aromatic carbocycles. The van der Waals surface area contributed by atoms with Gasteiger partial charge in [-0.1, -0.05) is 88.6 Å². The number of hydrogen-bond acceptors (Lipinski definition) is 3. The number of ketones is 1. The van der Waals surface area contributed by atoms with E-state index in [1.165, 1.54) is 51.4 Å². The molecule has 3 saturated carbocycles. The van der Waals surface area contributed by atoms with Crippen LogP contribution in [0.5, 0.6) is 0 Å². The molecule has 0 amide bonds. The number of ether oxygens (including phenoxy) is 1. The summed E-state index contributed by atoms with van der Waals surface area (Å²) in [5.41, 5.74) is 2.39. The predicted octanol–water partition coefficient (Wildman–Crippen LogP) is 9.75. The first-order valence-corrected chi connectivity index (χ1v) is 18.0. The number of halogens is 1. The van der Waals surface area contributed by atoms with Crippen LogP contribution in [-0.2, 0) is 14.3 Å². The number of Topliss-reactive ketones (excluding diaryl/α,β-unsaturated/α-hetero) is 1. The average molecular weight is 653 g/mol. The third-order valence-corrected chi connectivity index (χ3v) is 13.4. The van der Waals surface area contributed by atoms with Crippen molar-refractivity contribution in [2.75, 3.05) is 4.43 Å². The van der Waals surface area contributed by atoms with Crippen LogP contribution in [-0.4, -0.2) is 22.3 Å². The van der Waals surface area contributed by atoms with Gasteiger partial charge in [0, 0.05) is 19.3 Å².